The summed E-state index contributed by atoms with van der Waals surface area (Å²) in [5.74, 6) is 1.27. The molecular weight excluding hydrogens is 394 g/mol. The number of nitrogens with one attached hydrogen (secondary N) is 2. The van der Waals surface area contributed by atoms with Crippen LogP contribution in [-0.2, 0) is 6.42 Å². The predicted molar refractivity (Wildman–Crippen MR) is 119 cm³/mol. The smallest absolute Gasteiger partial charge is 0.337 e. The molecule has 0 aliphatic carbocycles. The minimum Gasteiger partial charge on any atom is -0.493 e. The molecule has 2 heterocycles. The third-order valence-corrected chi connectivity index (χ3v) is 5.42. The zero-order chi connectivity index (χ0) is 22.0. The van der Waals surface area contributed by atoms with Crippen LogP contribution < -0.4 is 14.8 Å². The standard InChI is InChI=1S/C23H25N5O3/c1-14-9-17-10-20(30-3)21(31-4)11-19(17)22(27-28(14)23(29)24-2)16-7-5-15(6-8-16)18-12-25-26-13-18/h5-8,10-14H,9H2,1-4H3,(H,24,29)(H,25,26). The quantitative estimate of drug-likeness (QED) is 0.678. The molecule has 31 heavy (non-hydrogen) atoms. The number of aromatic nitrogens is 2. The Bertz CT molecular complexity index is 1110. The van der Waals surface area contributed by atoms with Crippen LogP contribution in [0.25, 0.3) is 11.1 Å². The van der Waals surface area contributed by atoms with Crippen molar-refractivity contribution in [1.29, 1.82) is 0 Å². The number of amides is 2. The van der Waals surface area contributed by atoms with E-state index in [1.807, 2.05) is 49.5 Å². The van der Waals surface area contributed by atoms with Crippen LogP contribution in [0.2, 0.25) is 0 Å². The molecule has 4 rings (SSSR count). The number of urea groups is 1. The van der Waals surface area contributed by atoms with Crippen LogP contribution in [0.3, 0.4) is 0 Å². The second kappa shape index (κ2) is 8.51. The number of ether oxygens (including phenoxy) is 2. The van der Waals surface area contributed by atoms with Gasteiger partial charge < -0.3 is 14.8 Å². The van der Waals surface area contributed by atoms with Gasteiger partial charge >= 0.3 is 6.03 Å². The fraction of sp³-hybridized carbons (Fsp3) is 0.261. The van der Waals surface area contributed by atoms with Crippen LogP contribution in [0.1, 0.15) is 23.6 Å². The van der Waals surface area contributed by atoms with Crippen LogP contribution in [0, 0.1) is 0 Å². The maximum atomic E-state index is 12.6. The van der Waals surface area contributed by atoms with Crippen LogP contribution in [0.15, 0.2) is 53.9 Å². The predicted octanol–water partition coefficient (Wildman–Crippen LogP) is 3.43. The monoisotopic (exact) mass is 419 g/mol. The Kier molecular flexibility index (Phi) is 5.62. The van der Waals surface area contributed by atoms with Crippen LogP contribution in [0.4, 0.5) is 4.79 Å². The normalized spacial score (nSPS) is 15.5. The van der Waals surface area contributed by atoms with Crippen molar-refractivity contribution in [3.8, 4) is 22.6 Å². The maximum absolute atomic E-state index is 12.6. The number of carbonyl (C=O) groups is 1. The van der Waals surface area contributed by atoms with Gasteiger partial charge in [-0.1, -0.05) is 24.3 Å². The lowest BCUT2D eigenvalue weighted by molar-refractivity contribution is 0.184. The molecule has 1 aromatic heterocycles. The van der Waals surface area contributed by atoms with Gasteiger partial charge in [-0.05, 0) is 36.6 Å². The minimum absolute atomic E-state index is 0.139. The Labute approximate surface area is 180 Å². The molecule has 2 amide bonds. The Morgan fingerprint density at radius 1 is 1.10 bits per heavy atom. The minimum atomic E-state index is -0.258. The van der Waals surface area contributed by atoms with E-state index in [1.165, 1.54) is 5.01 Å². The first-order valence-electron chi connectivity index (χ1n) is 10.00. The van der Waals surface area contributed by atoms with Crippen molar-refractivity contribution in [2.75, 3.05) is 21.3 Å². The fourth-order valence-corrected chi connectivity index (χ4v) is 3.78. The number of hydrazone groups is 1. The van der Waals surface area contributed by atoms with Crippen molar-refractivity contribution in [2.24, 2.45) is 5.10 Å². The van der Waals surface area contributed by atoms with Crippen LogP contribution in [-0.4, -0.2) is 54.3 Å². The highest BCUT2D eigenvalue weighted by Gasteiger charge is 2.28. The first-order chi connectivity index (χ1) is 15.0. The number of nitrogens with zero attached hydrogens (tertiary/aromatic N) is 3. The fourth-order valence-electron chi connectivity index (χ4n) is 3.78. The molecule has 0 saturated heterocycles. The molecular formula is C23H25N5O3. The highest BCUT2D eigenvalue weighted by Crippen LogP contribution is 2.34. The maximum Gasteiger partial charge on any atom is 0.337 e. The Morgan fingerprint density at radius 3 is 2.39 bits per heavy atom. The first kappa shape index (κ1) is 20.5. The van der Waals surface area contributed by atoms with Crippen LogP contribution in [0.5, 0.6) is 11.5 Å². The van der Waals surface area contributed by atoms with Crippen molar-refractivity contribution < 1.29 is 14.3 Å². The third kappa shape index (κ3) is 3.84. The number of fused-ring (bicyclic) bond motifs is 1. The Morgan fingerprint density at radius 2 is 1.77 bits per heavy atom. The first-order valence-corrected chi connectivity index (χ1v) is 10.00. The Hall–Kier alpha value is -3.81. The van der Waals surface area contributed by atoms with E-state index < -0.39 is 0 Å². The summed E-state index contributed by atoms with van der Waals surface area (Å²) in [7, 11) is 4.83. The molecule has 0 fully saturated rings. The summed E-state index contributed by atoms with van der Waals surface area (Å²) in [6.45, 7) is 1.98. The lowest BCUT2D eigenvalue weighted by Gasteiger charge is -2.22. The van der Waals surface area contributed by atoms with Crippen molar-refractivity contribution in [3.63, 3.8) is 0 Å². The largest absolute Gasteiger partial charge is 0.493 e. The number of hydrogen-bond acceptors (Lipinski definition) is 5. The zero-order valence-corrected chi connectivity index (χ0v) is 18.0. The van der Waals surface area contributed by atoms with Gasteiger partial charge in [0.25, 0.3) is 0 Å². The molecule has 160 valence electrons. The molecule has 0 radical (unpaired) electrons. The van der Waals surface area contributed by atoms with Gasteiger partial charge in [-0.25, -0.2) is 9.80 Å². The molecule has 1 aliphatic rings. The lowest BCUT2D eigenvalue weighted by Crippen LogP contribution is -2.41. The van der Waals surface area contributed by atoms with Crippen molar-refractivity contribution in [3.05, 3.63) is 65.5 Å². The van der Waals surface area contributed by atoms with E-state index >= 15 is 0 Å². The SMILES string of the molecule is CNC(=O)N1N=C(c2ccc(-c3cn[nH]c3)cc2)c2cc(OC)c(OC)cc2CC1C. The lowest BCUT2D eigenvalue weighted by atomic mass is 9.93. The van der Waals surface area contributed by atoms with Gasteiger partial charge in [0.2, 0.25) is 0 Å². The van der Waals surface area contributed by atoms with Gasteiger partial charge in [0.05, 0.1) is 32.2 Å². The summed E-state index contributed by atoms with van der Waals surface area (Å²) in [5, 5.41) is 15.8. The molecule has 2 N–H and O–H groups in total. The zero-order valence-electron chi connectivity index (χ0n) is 18.0. The number of hydrogen-bond donors (Lipinski definition) is 2. The Balaban J connectivity index is 1.87. The number of rotatable bonds is 4. The van der Waals surface area contributed by atoms with Crippen LogP contribution >= 0.6 is 0 Å². The van der Waals surface area contributed by atoms with Crippen molar-refractivity contribution >= 4 is 11.7 Å². The molecule has 0 bridgehead atoms. The van der Waals surface area contributed by atoms with E-state index in [2.05, 4.69) is 15.5 Å². The van der Waals surface area contributed by atoms with Crippen molar-refractivity contribution in [1.82, 2.24) is 20.5 Å². The summed E-state index contributed by atoms with van der Waals surface area (Å²) in [6, 6.07) is 11.5. The van der Waals surface area contributed by atoms with Gasteiger partial charge in [-0.2, -0.15) is 10.2 Å². The molecule has 1 atom stereocenters. The summed E-state index contributed by atoms with van der Waals surface area (Å²) >= 11 is 0. The van der Waals surface area contributed by atoms with Gasteiger partial charge in [0.15, 0.2) is 11.5 Å². The van der Waals surface area contributed by atoms with Gasteiger partial charge in [-0.3, -0.25) is 5.10 Å². The summed E-state index contributed by atoms with van der Waals surface area (Å²) in [5.41, 5.74) is 5.57. The van der Waals surface area contributed by atoms with E-state index in [-0.39, 0.29) is 12.1 Å². The van der Waals surface area contributed by atoms with Gasteiger partial charge in [-0.15, -0.1) is 0 Å². The average Bonchev–Trinajstić information content (AvgIpc) is 3.30. The number of methoxy groups -OCH3 is 2. The van der Waals surface area contributed by atoms with Gasteiger partial charge in [0.1, 0.15) is 0 Å². The van der Waals surface area contributed by atoms with Gasteiger partial charge in [0, 0.05) is 29.9 Å². The average molecular weight is 419 g/mol. The molecule has 1 aliphatic heterocycles. The number of aromatic amines is 1. The molecule has 2 aromatic carbocycles. The number of benzene rings is 2. The van der Waals surface area contributed by atoms with E-state index in [1.54, 1.807) is 27.5 Å². The molecule has 0 spiro atoms. The molecule has 8 nitrogen and oxygen atoms in total. The highest BCUT2D eigenvalue weighted by atomic mass is 16.5. The van der Waals surface area contributed by atoms with E-state index in [0.717, 1.165) is 27.8 Å². The van der Waals surface area contributed by atoms with E-state index in [4.69, 9.17) is 14.6 Å². The van der Waals surface area contributed by atoms with E-state index in [9.17, 15) is 4.79 Å². The molecule has 3 aromatic rings. The van der Waals surface area contributed by atoms with E-state index in [0.29, 0.717) is 23.6 Å². The second-order valence-corrected chi connectivity index (χ2v) is 7.33. The van der Waals surface area contributed by atoms with Crippen molar-refractivity contribution in [2.45, 2.75) is 19.4 Å². The third-order valence-electron chi connectivity index (χ3n) is 5.42. The second-order valence-electron chi connectivity index (χ2n) is 7.33. The molecule has 8 heteroatoms. The summed E-state index contributed by atoms with van der Waals surface area (Å²) in [6.07, 6.45) is 4.25. The summed E-state index contributed by atoms with van der Waals surface area (Å²) in [4.78, 5) is 12.6. The molecule has 1 unspecified atom stereocenters. The summed E-state index contributed by atoms with van der Waals surface area (Å²) < 4.78 is 11.0. The number of H-pyrrole nitrogens is 1. The molecule has 0 saturated carbocycles. The topological polar surface area (TPSA) is 91.8 Å². The number of carbonyl (C=O) groups excluding carboxylic acids is 1. The highest BCUT2D eigenvalue weighted by molar-refractivity contribution is 6.14.